The molecule has 1 amide bonds. The lowest BCUT2D eigenvalue weighted by Gasteiger charge is -2.18. The Bertz CT molecular complexity index is 482. The Morgan fingerprint density at radius 1 is 1.40 bits per heavy atom. The number of carbonyl (C=O) groups excluding carboxylic acids is 1. The molecule has 1 saturated heterocycles. The SMILES string of the molecule is Cc1ccc(CN2C[C@@H]3C(CC(=O)NC(C)C)[C@@H]3C2)o1. The second kappa shape index (κ2) is 5.24. The molecule has 2 heterocycles. The van der Waals surface area contributed by atoms with Gasteiger partial charge in [-0.25, -0.2) is 0 Å². The fourth-order valence-electron chi connectivity index (χ4n) is 3.55. The highest BCUT2D eigenvalue weighted by Gasteiger charge is 2.55. The number of aryl methyl sites for hydroxylation is 1. The van der Waals surface area contributed by atoms with Crippen molar-refractivity contribution in [2.24, 2.45) is 17.8 Å². The minimum atomic E-state index is 0.215. The van der Waals surface area contributed by atoms with E-state index in [0.717, 1.165) is 43.0 Å². The van der Waals surface area contributed by atoms with Crippen molar-refractivity contribution >= 4 is 5.91 Å². The molecule has 1 saturated carbocycles. The van der Waals surface area contributed by atoms with Crippen molar-refractivity contribution in [3.05, 3.63) is 23.7 Å². The number of nitrogens with one attached hydrogen (secondary N) is 1. The number of rotatable bonds is 5. The van der Waals surface area contributed by atoms with Gasteiger partial charge in [-0.2, -0.15) is 0 Å². The first-order valence-corrected chi connectivity index (χ1v) is 7.60. The molecule has 1 N–H and O–H groups in total. The van der Waals surface area contributed by atoms with Crippen LogP contribution in [0.4, 0.5) is 0 Å². The van der Waals surface area contributed by atoms with Gasteiger partial charge in [-0.05, 0) is 50.7 Å². The van der Waals surface area contributed by atoms with E-state index in [9.17, 15) is 4.79 Å². The number of carbonyl (C=O) groups is 1. The Morgan fingerprint density at radius 2 is 2.10 bits per heavy atom. The van der Waals surface area contributed by atoms with Crippen molar-refractivity contribution < 1.29 is 9.21 Å². The maximum absolute atomic E-state index is 11.8. The Balaban J connectivity index is 1.43. The molecule has 1 aliphatic heterocycles. The van der Waals surface area contributed by atoms with Crippen molar-refractivity contribution in [3.8, 4) is 0 Å². The largest absolute Gasteiger partial charge is 0.465 e. The fourth-order valence-corrected chi connectivity index (χ4v) is 3.55. The molecule has 4 nitrogen and oxygen atoms in total. The Hall–Kier alpha value is -1.29. The molecule has 0 bridgehead atoms. The van der Waals surface area contributed by atoms with Crippen LogP contribution in [0.2, 0.25) is 0 Å². The molecule has 110 valence electrons. The minimum absolute atomic E-state index is 0.215. The molecule has 1 aliphatic carbocycles. The maximum Gasteiger partial charge on any atom is 0.220 e. The molecule has 1 aromatic rings. The number of amides is 1. The lowest BCUT2D eigenvalue weighted by Crippen LogP contribution is -2.31. The summed E-state index contributed by atoms with van der Waals surface area (Å²) >= 11 is 0. The van der Waals surface area contributed by atoms with Gasteiger partial charge < -0.3 is 9.73 Å². The van der Waals surface area contributed by atoms with Crippen molar-refractivity contribution in [3.63, 3.8) is 0 Å². The van der Waals surface area contributed by atoms with E-state index in [2.05, 4.69) is 16.3 Å². The van der Waals surface area contributed by atoms with E-state index in [1.54, 1.807) is 0 Å². The van der Waals surface area contributed by atoms with Gasteiger partial charge in [0.05, 0.1) is 6.54 Å². The Kier molecular flexibility index (Phi) is 3.59. The molecular weight excluding hydrogens is 252 g/mol. The second-order valence-electron chi connectivity index (χ2n) is 6.62. The van der Waals surface area contributed by atoms with Crippen molar-refractivity contribution in [2.45, 2.75) is 39.8 Å². The predicted octanol–water partition coefficient (Wildman–Crippen LogP) is 2.18. The number of hydrogen-bond donors (Lipinski definition) is 1. The first-order valence-electron chi connectivity index (χ1n) is 7.60. The van der Waals surface area contributed by atoms with Crippen LogP contribution < -0.4 is 5.32 Å². The van der Waals surface area contributed by atoms with Gasteiger partial charge in [0.2, 0.25) is 5.91 Å². The lowest BCUT2D eigenvalue weighted by molar-refractivity contribution is -0.122. The van der Waals surface area contributed by atoms with E-state index in [1.165, 1.54) is 0 Å². The Labute approximate surface area is 120 Å². The summed E-state index contributed by atoms with van der Waals surface area (Å²) in [5, 5.41) is 2.99. The summed E-state index contributed by atoms with van der Waals surface area (Å²) in [5.74, 6) is 4.31. The van der Waals surface area contributed by atoms with Crippen molar-refractivity contribution in [1.82, 2.24) is 10.2 Å². The summed E-state index contributed by atoms with van der Waals surface area (Å²) in [6.07, 6.45) is 0.710. The van der Waals surface area contributed by atoms with Gasteiger partial charge in [-0.3, -0.25) is 9.69 Å². The molecule has 3 atom stereocenters. The second-order valence-corrected chi connectivity index (χ2v) is 6.62. The van der Waals surface area contributed by atoms with E-state index in [-0.39, 0.29) is 11.9 Å². The molecule has 4 heteroatoms. The van der Waals surface area contributed by atoms with Crippen LogP contribution in [0.5, 0.6) is 0 Å². The fraction of sp³-hybridized carbons (Fsp3) is 0.688. The van der Waals surface area contributed by atoms with Crippen molar-refractivity contribution in [2.75, 3.05) is 13.1 Å². The number of piperidine rings is 1. The lowest BCUT2D eigenvalue weighted by atomic mass is 10.1. The highest BCUT2D eigenvalue weighted by molar-refractivity contribution is 5.76. The van der Waals surface area contributed by atoms with E-state index >= 15 is 0 Å². The minimum Gasteiger partial charge on any atom is -0.465 e. The van der Waals surface area contributed by atoms with E-state index in [1.807, 2.05) is 26.8 Å². The first-order chi connectivity index (χ1) is 9.52. The summed E-state index contributed by atoms with van der Waals surface area (Å²) in [6.45, 7) is 9.14. The molecule has 2 fully saturated rings. The third-order valence-electron chi connectivity index (χ3n) is 4.49. The quantitative estimate of drug-likeness (QED) is 0.896. The maximum atomic E-state index is 11.8. The summed E-state index contributed by atoms with van der Waals surface area (Å²) in [5.41, 5.74) is 0. The van der Waals surface area contributed by atoms with Crippen LogP contribution in [-0.2, 0) is 11.3 Å². The third kappa shape index (κ3) is 2.90. The zero-order valence-corrected chi connectivity index (χ0v) is 12.6. The molecule has 20 heavy (non-hydrogen) atoms. The van der Waals surface area contributed by atoms with E-state index in [0.29, 0.717) is 12.3 Å². The van der Waals surface area contributed by atoms with Crippen LogP contribution in [0.15, 0.2) is 16.5 Å². The van der Waals surface area contributed by atoms with Gasteiger partial charge in [0.25, 0.3) is 0 Å². The van der Waals surface area contributed by atoms with Gasteiger partial charge >= 0.3 is 0 Å². The van der Waals surface area contributed by atoms with E-state index in [4.69, 9.17) is 4.42 Å². The number of nitrogens with zero attached hydrogens (tertiary/aromatic N) is 1. The van der Waals surface area contributed by atoms with E-state index < -0.39 is 0 Å². The normalized spacial score (nSPS) is 28.7. The molecule has 0 radical (unpaired) electrons. The number of fused-ring (bicyclic) bond motifs is 1. The van der Waals surface area contributed by atoms with Gasteiger partial charge in [0.15, 0.2) is 0 Å². The average molecular weight is 276 g/mol. The smallest absolute Gasteiger partial charge is 0.220 e. The average Bonchev–Trinajstić information content (AvgIpc) is 2.75. The van der Waals surface area contributed by atoms with Crippen LogP contribution in [0, 0.1) is 24.7 Å². The van der Waals surface area contributed by atoms with Gasteiger partial charge in [-0.1, -0.05) is 0 Å². The topological polar surface area (TPSA) is 45.5 Å². The summed E-state index contributed by atoms with van der Waals surface area (Å²) in [4.78, 5) is 14.2. The van der Waals surface area contributed by atoms with Crippen LogP contribution in [0.25, 0.3) is 0 Å². The highest BCUT2D eigenvalue weighted by Crippen LogP contribution is 2.53. The zero-order chi connectivity index (χ0) is 14.3. The van der Waals surface area contributed by atoms with Crippen molar-refractivity contribution in [1.29, 1.82) is 0 Å². The summed E-state index contributed by atoms with van der Waals surface area (Å²) < 4.78 is 5.62. The molecule has 0 aromatic carbocycles. The van der Waals surface area contributed by atoms with Crippen LogP contribution in [0.3, 0.4) is 0 Å². The van der Waals surface area contributed by atoms with Crippen LogP contribution in [0.1, 0.15) is 31.8 Å². The van der Waals surface area contributed by atoms with Gasteiger partial charge in [-0.15, -0.1) is 0 Å². The number of furan rings is 1. The summed E-state index contributed by atoms with van der Waals surface area (Å²) in [7, 11) is 0. The van der Waals surface area contributed by atoms with Crippen LogP contribution in [-0.4, -0.2) is 29.9 Å². The predicted molar refractivity (Wildman–Crippen MR) is 77.1 cm³/mol. The Morgan fingerprint density at radius 3 is 2.65 bits per heavy atom. The molecule has 1 aromatic heterocycles. The monoisotopic (exact) mass is 276 g/mol. The standard InChI is InChI=1S/C16H24N2O2/c1-10(2)17-16(19)6-13-14-8-18(9-15(13)14)7-12-5-4-11(3)20-12/h4-5,10,13-15H,6-9H2,1-3H3,(H,17,19)/t13?,14-,15+. The summed E-state index contributed by atoms with van der Waals surface area (Å²) in [6, 6.07) is 4.33. The van der Waals surface area contributed by atoms with Gasteiger partial charge in [0.1, 0.15) is 11.5 Å². The zero-order valence-electron chi connectivity index (χ0n) is 12.6. The number of hydrogen-bond acceptors (Lipinski definition) is 3. The van der Waals surface area contributed by atoms with Gasteiger partial charge in [0, 0.05) is 25.6 Å². The first kappa shape index (κ1) is 13.7. The molecular formula is C16H24N2O2. The van der Waals surface area contributed by atoms with Crippen LogP contribution >= 0.6 is 0 Å². The molecule has 1 unspecified atom stereocenters. The third-order valence-corrected chi connectivity index (χ3v) is 4.49. The molecule has 3 rings (SSSR count). The molecule has 2 aliphatic rings. The highest BCUT2D eigenvalue weighted by atomic mass is 16.3. The number of likely N-dealkylation sites (tertiary alicyclic amines) is 1. The molecule has 0 spiro atoms.